The highest BCUT2D eigenvalue weighted by Crippen LogP contribution is 2.56. The molecule has 0 fully saturated rings. The third-order valence-corrected chi connectivity index (χ3v) is 9.75. The molecule has 0 unspecified atom stereocenters. The second-order valence-corrected chi connectivity index (χ2v) is 12.8. The second-order valence-electron chi connectivity index (χ2n) is 12.8. The number of allylic oxidation sites excluding steroid dienone is 8. The fraction of sp³-hybridized carbons (Fsp3) is 0. The van der Waals surface area contributed by atoms with Crippen molar-refractivity contribution in [3.05, 3.63) is 175 Å². The van der Waals surface area contributed by atoms with Gasteiger partial charge in [-0.2, -0.15) is 52.6 Å². The Balaban J connectivity index is 1.66. The Morgan fingerprint density at radius 1 is 0.310 bits per heavy atom. The second kappa shape index (κ2) is 14.8. The summed E-state index contributed by atoms with van der Waals surface area (Å²) in [5, 5.41) is 102. The van der Waals surface area contributed by atoms with Crippen LogP contribution in [0.2, 0.25) is 0 Å². The van der Waals surface area contributed by atoms with E-state index in [1.807, 2.05) is 24.3 Å². The molecule has 58 heavy (non-hydrogen) atoms. The van der Waals surface area contributed by atoms with Gasteiger partial charge in [-0.3, -0.25) is 0 Å². The highest BCUT2D eigenvalue weighted by atomic mass is 14.4. The molecule has 0 radical (unpaired) electrons. The molecule has 0 N–H and O–H groups in total. The van der Waals surface area contributed by atoms with Crippen molar-refractivity contribution < 1.29 is 0 Å². The van der Waals surface area contributed by atoms with Gasteiger partial charge < -0.3 is 0 Å². The van der Waals surface area contributed by atoms with E-state index >= 15 is 0 Å². The lowest BCUT2D eigenvalue weighted by Gasteiger charge is -2.15. The molecule has 0 spiro atoms. The highest BCUT2D eigenvalue weighted by Gasteiger charge is 2.37. The van der Waals surface area contributed by atoms with Crippen LogP contribution in [0.25, 0.3) is 44.6 Å². The molecule has 0 heterocycles. The number of nitrogens with zero attached hydrogens (tertiary/aromatic N) is 10. The van der Waals surface area contributed by atoms with Crippen molar-refractivity contribution >= 4 is 44.6 Å². The first-order valence-electron chi connectivity index (χ1n) is 17.0. The first-order chi connectivity index (χ1) is 28.3. The van der Waals surface area contributed by atoms with Crippen molar-refractivity contribution in [1.29, 1.82) is 52.6 Å². The van der Waals surface area contributed by atoms with Crippen molar-refractivity contribution in [1.82, 2.24) is 0 Å². The zero-order chi connectivity index (χ0) is 41.1. The third-order valence-electron chi connectivity index (χ3n) is 9.75. The Morgan fingerprint density at radius 2 is 0.621 bits per heavy atom. The van der Waals surface area contributed by atoms with Crippen LogP contribution in [0.5, 0.6) is 0 Å². The van der Waals surface area contributed by atoms with E-state index in [0.29, 0.717) is 55.7 Å². The van der Waals surface area contributed by atoms with E-state index in [0.717, 1.165) is 0 Å². The van der Waals surface area contributed by atoms with Crippen molar-refractivity contribution in [3.8, 4) is 60.7 Å². The lowest BCUT2D eigenvalue weighted by atomic mass is 9.85. The van der Waals surface area contributed by atoms with Crippen LogP contribution in [0.1, 0.15) is 77.9 Å². The van der Waals surface area contributed by atoms with Gasteiger partial charge >= 0.3 is 0 Å². The summed E-state index contributed by atoms with van der Waals surface area (Å²) in [6, 6.07) is 46.1. The average molecular weight is 733 g/mol. The zero-order valence-electron chi connectivity index (χ0n) is 29.7. The molecule has 0 saturated heterocycles. The zero-order valence-corrected chi connectivity index (χ0v) is 29.7. The average Bonchev–Trinajstić information content (AvgIpc) is 3.77. The maximum absolute atomic E-state index is 10.9. The Kier molecular flexibility index (Phi) is 9.25. The predicted octanol–water partition coefficient (Wildman–Crippen LogP) is 8.68. The number of benzene rings is 5. The molecule has 2 aliphatic rings. The quantitative estimate of drug-likeness (QED) is 0.159. The van der Waals surface area contributed by atoms with Crippen LogP contribution in [-0.4, -0.2) is 0 Å². The van der Waals surface area contributed by atoms with E-state index in [9.17, 15) is 52.6 Å². The standard InChI is InChI=1S/C48H16N10/c49-17-27-1-5-33(6-2-27)45-43(25-57)37-15-38-40(16-39(37)47(45)41(23-55)35-11-29(19-51)9-30(12-35)20-52)48(42(24-56)36-13-31(21-53)10-32(14-36)22-54)46(44(38)26-58)34-7-3-28(18-50)4-8-34/h1-16H/b47-41-,48-42-. The SMILES string of the molecule is N#CC1=C(c2ccc(C#N)cc2)/C(=C(/C#N)c2cc(C#N)cc(C#N)c2)c2cc3c(cc21)C(C#N)=C(c1ccc(C#N)cc1)/C3=C(/C#N)c1cc(C#N)cc(C#N)c1. The van der Waals surface area contributed by atoms with Crippen LogP contribution < -0.4 is 0 Å². The molecule has 0 aromatic heterocycles. The molecule has 258 valence electrons. The molecule has 7 rings (SSSR count). The molecular formula is C48H16N10. The molecule has 10 heteroatoms. The molecular weight excluding hydrogens is 717 g/mol. The van der Waals surface area contributed by atoms with E-state index in [1.54, 1.807) is 60.7 Å². The maximum Gasteiger partial charge on any atom is 0.100 e. The summed E-state index contributed by atoms with van der Waals surface area (Å²) in [6.45, 7) is 0. The van der Waals surface area contributed by atoms with Gasteiger partial charge in [-0.05, 0) is 106 Å². The van der Waals surface area contributed by atoms with Gasteiger partial charge in [0.05, 0.1) is 92.1 Å². The first kappa shape index (κ1) is 36.3. The summed E-state index contributed by atoms with van der Waals surface area (Å²) < 4.78 is 0. The summed E-state index contributed by atoms with van der Waals surface area (Å²) in [4.78, 5) is 0. The van der Waals surface area contributed by atoms with Crippen molar-refractivity contribution in [2.45, 2.75) is 0 Å². The summed E-state index contributed by atoms with van der Waals surface area (Å²) in [7, 11) is 0. The van der Waals surface area contributed by atoms with E-state index in [-0.39, 0.29) is 66.8 Å². The van der Waals surface area contributed by atoms with Crippen LogP contribution in [0.15, 0.2) is 97.1 Å². The summed E-state index contributed by atoms with van der Waals surface area (Å²) in [6.07, 6.45) is 0. The van der Waals surface area contributed by atoms with Crippen LogP contribution in [-0.2, 0) is 0 Å². The van der Waals surface area contributed by atoms with Gasteiger partial charge in [0, 0.05) is 33.4 Å². The molecule has 0 saturated carbocycles. The normalized spacial score (nSPS) is 13.6. The Hall–Kier alpha value is -10.0. The molecule has 2 aliphatic carbocycles. The minimum atomic E-state index is 0.0182. The van der Waals surface area contributed by atoms with Gasteiger partial charge in [0.2, 0.25) is 0 Å². The molecule has 0 bridgehead atoms. The van der Waals surface area contributed by atoms with Crippen LogP contribution >= 0.6 is 0 Å². The number of hydrogen-bond acceptors (Lipinski definition) is 10. The van der Waals surface area contributed by atoms with Crippen molar-refractivity contribution in [2.75, 3.05) is 0 Å². The summed E-state index contributed by atoms with van der Waals surface area (Å²) in [5.74, 6) is 0. The third kappa shape index (κ3) is 5.86. The molecule has 10 nitrogen and oxygen atoms in total. The molecule has 0 atom stereocenters. The lowest BCUT2D eigenvalue weighted by molar-refractivity contribution is 1.43. The van der Waals surface area contributed by atoms with E-state index in [2.05, 4.69) is 36.4 Å². The van der Waals surface area contributed by atoms with Crippen molar-refractivity contribution in [3.63, 3.8) is 0 Å². The predicted molar refractivity (Wildman–Crippen MR) is 210 cm³/mol. The van der Waals surface area contributed by atoms with E-state index < -0.39 is 0 Å². The molecule has 0 aliphatic heterocycles. The Labute approximate surface area is 331 Å². The number of hydrogen-bond donors (Lipinski definition) is 0. The Bertz CT molecular complexity index is 3020. The molecule has 5 aromatic carbocycles. The lowest BCUT2D eigenvalue weighted by Crippen LogP contribution is -1.98. The fourth-order valence-electron chi connectivity index (χ4n) is 7.30. The van der Waals surface area contributed by atoms with Crippen LogP contribution in [0, 0.1) is 113 Å². The fourth-order valence-corrected chi connectivity index (χ4v) is 7.30. The van der Waals surface area contributed by atoms with E-state index in [4.69, 9.17) is 0 Å². The summed E-state index contributed by atoms with van der Waals surface area (Å²) in [5.41, 5.74) is 5.51. The first-order valence-corrected chi connectivity index (χ1v) is 17.0. The van der Waals surface area contributed by atoms with Gasteiger partial charge in [-0.1, -0.05) is 24.3 Å². The Morgan fingerprint density at radius 3 is 0.897 bits per heavy atom. The number of nitriles is 10. The minimum Gasteiger partial charge on any atom is -0.192 e. The monoisotopic (exact) mass is 732 g/mol. The van der Waals surface area contributed by atoms with Gasteiger partial charge in [0.15, 0.2) is 0 Å². The van der Waals surface area contributed by atoms with Crippen LogP contribution in [0.3, 0.4) is 0 Å². The van der Waals surface area contributed by atoms with E-state index in [1.165, 1.54) is 36.4 Å². The van der Waals surface area contributed by atoms with Gasteiger partial charge in [0.25, 0.3) is 0 Å². The topological polar surface area (TPSA) is 238 Å². The minimum absolute atomic E-state index is 0.0182. The number of rotatable bonds is 4. The van der Waals surface area contributed by atoms with Gasteiger partial charge in [-0.25, -0.2) is 0 Å². The smallest absolute Gasteiger partial charge is 0.100 e. The highest BCUT2D eigenvalue weighted by molar-refractivity contribution is 6.34. The van der Waals surface area contributed by atoms with Gasteiger partial charge in [-0.15, -0.1) is 0 Å². The number of fused-ring (bicyclic) bond motifs is 2. The summed E-state index contributed by atoms with van der Waals surface area (Å²) >= 11 is 0. The van der Waals surface area contributed by atoms with Crippen LogP contribution in [0.4, 0.5) is 0 Å². The molecule has 5 aromatic rings. The molecule has 0 amide bonds. The largest absolute Gasteiger partial charge is 0.192 e. The van der Waals surface area contributed by atoms with Crippen molar-refractivity contribution in [2.24, 2.45) is 0 Å². The van der Waals surface area contributed by atoms with Gasteiger partial charge in [0.1, 0.15) is 24.3 Å². The maximum atomic E-state index is 10.9.